The first-order chi connectivity index (χ1) is 15.2. The molecular weight excluding hydrogens is 398 g/mol. The molecule has 2 fully saturated rings. The molecule has 10 nitrogen and oxygen atoms in total. The van der Waals surface area contributed by atoms with Gasteiger partial charge in [-0.1, -0.05) is 0 Å². The maximum Gasteiger partial charge on any atom is 0.254 e. The van der Waals surface area contributed by atoms with E-state index in [1.807, 2.05) is 11.0 Å². The molecule has 0 unspecified atom stereocenters. The Hall–Kier alpha value is -3.71. The van der Waals surface area contributed by atoms with Crippen LogP contribution in [0.3, 0.4) is 0 Å². The molecule has 1 amide bonds. The fourth-order valence-corrected chi connectivity index (χ4v) is 4.37. The molecule has 2 saturated heterocycles. The van der Waals surface area contributed by atoms with Crippen LogP contribution in [0.5, 0.6) is 5.88 Å². The molecule has 2 aliphatic rings. The number of carbonyl (C=O) groups excluding carboxylic acids is 1. The number of nitrogens with zero attached hydrogens (tertiary/aromatic N) is 7. The maximum atomic E-state index is 13.3. The Bertz CT molecular complexity index is 1170. The number of anilines is 1. The van der Waals surface area contributed by atoms with E-state index < -0.39 is 0 Å². The zero-order valence-electron chi connectivity index (χ0n) is 17.0. The van der Waals surface area contributed by atoms with Crippen LogP contribution in [0.1, 0.15) is 15.9 Å². The third-order valence-electron chi connectivity index (χ3n) is 5.79. The molecule has 0 aromatic carbocycles. The van der Waals surface area contributed by atoms with E-state index in [2.05, 4.69) is 26.0 Å². The standard InChI is InChI=1S/C21H21N7O3/c1-30-20-17(7-22)18(2-4-23-20)27-9-14-8-26(10-16(27)12-31-11-14)21(29)15-3-5-28-19(6-15)24-13-25-28/h2-6,13-14,16H,8-12H2,1H3/t14-,16-/m0/s1. The molecule has 5 rings (SSSR count). The maximum absolute atomic E-state index is 13.3. The molecule has 0 saturated carbocycles. The van der Waals surface area contributed by atoms with E-state index in [1.54, 1.807) is 29.0 Å². The Kier molecular flexibility index (Phi) is 4.88. The van der Waals surface area contributed by atoms with Crippen molar-refractivity contribution in [1.29, 1.82) is 5.26 Å². The van der Waals surface area contributed by atoms with Gasteiger partial charge in [0.2, 0.25) is 5.88 Å². The Morgan fingerprint density at radius 3 is 3.00 bits per heavy atom. The summed E-state index contributed by atoms with van der Waals surface area (Å²) in [4.78, 5) is 25.7. The van der Waals surface area contributed by atoms with Gasteiger partial charge in [0, 0.05) is 43.5 Å². The number of ether oxygens (including phenoxy) is 2. The molecular formula is C21H21N7O3. The highest BCUT2D eigenvalue weighted by Gasteiger charge is 2.36. The van der Waals surface area contributed by atoms with Crippen molar-refractivity contribution in [3.8, 4) is 11.9 Å². The van der Waals surface area contributed by atoms with E-state index >= 15 is 0 Å². The van der Waals surface area contributed by atoms with Gasteiger partial charge in [-0.25, -0.2) is 14.5 Å². The summed E-state index contributed by atoms with van der Waals surface area (Å²) in [6.07, 6.45) is 4.85. The van der Waals surface area contributed by atoms with Gasteiger partial charge in [-0.15, -0.1) is 0 Å². The van der Waals surface area contributed by atoms with E-state index in [-0.39, 0.29) is 17.9 Å². The molecule has 0 spiro atoms. The quantitative estimate of drug-likeness (QED) is 0.618. The van der Waals surface area contributed by atoms with E-state index in [0.717, 1.165) is 5.69 Å². The van der Waals surface area contributed by atoms with Crippen molar-refractivity contribution in [1.82, 2.24) is 24.5 Å². The second kappa shape index (κ2) is 7.85. The number of fused-ring (bicyclic) bond motifs is 4. The number of pyridine rings is 2. The van der Waals surface area contributed by atoms with Crippen molar-refractivity contribution in [3.63, 3.8) is 0 Å². The van der Waals surface area contributed by atoms with Crippen LogP contribution in [-0.2, 0) is 4.74 Å². The molecule has 10 heteroatoms. The van der Waals surface area contributed by atoms with Gasteiger partial charge in [-0.3, -0.25) is 4.79 Å². The number of nitriles is 1. The van der Waals surface area contributed by atoms with Gasteiger partial charge < -0.3 is 19.3 Å². The number of carbonyl (C=O) groups is 1. The highest BCUT2D eigenvalue weighted by atomic mass is 16.5. The van der Waals surface area contributed by atoms with Crippen LogP contribution < -0.4 is 9.64 Å². The average molecular weight is 419 g/mol. The lowest BCUT2D eigenvalue weighted by atomic mass is 10.1. The van der Waals surface area contributed by atoms with Crippen LogP contribution >= 0.6 is 0 Å². The summed E-state index contributed by atoms with van der Waals surface area (Å²) < 4.78 is 12.8. The summed E-state index contributed by atoms with van der Waals surface area (Å²) in [5, 5.41) is 13.8. The van der Waals surface area contributed by atoms with Gasteiger partial charge >= 0.3 is 0 Å². The molecule has 0 radical (unpaired) electrons. The van der Waals surface area contributed by atoms with Crippen molar-refractivity contribution in [2.24, 2.45) is 5.92 Å². The van der Waals surface area contributed by atoms with Gasteiger partial charge in [-0.2, -0.15) is 10.4 Å². The molecule has 31 heavy (non-hydrogen) atoms. The minimum absolute atomic E-state index is 0.0444. The molecule has 0 aliphatic carbocycles. The largest absolute Gasteiger partial charge is 0.480 e. The van der Waals surface area contributed by atoms with Crippen molar-refractivity contribution in [3.05, 3.63) is 48.0 Å². The fraction of sp³-hybridized carbons (Fsp3) is 0.381. The van der Waals surface area contributed by atoms with Gasteiger partial charge in [-0.05, 0) is 18.2 Å². The number of rotatable bonds is 3. The summed E-state index contributed by atoms with van der Waals surface area (Å²) in [6, 6.07) is 7.48. The van der Waals surface area contributed by atoms with Gasteiger partial charge in [0.15, 0.2) is 5.65 Å². The van der Waals surface area contributed by atoms with E-state index in [4.69, 9.17) is 9.47 Å². The highest BCUT2D eigenvalue weighted by molar-refractivity contribution is 5.95. The zero-order chi connectivity index (χ0) is 21.4. The third kappa shape index (κ3) is 3.43. The number of hydrogen-bond donors (Lipinski definition) is 0. The second-order valence-electron chi connectivity index (χ2n) is 7.72. The number of hydrogen-bond acceptors (Lipinski definition) is 8. The predicted octanol–water partition coefficient (Wildman–Crippen LogP) is 0.982. The van der Waals surface area contributed by atoms with Gasteiger partial charge in [0.1, 0.15) is 18.0 Å². The predicted molar refractivity (Wildman–Crippen MR) is 110 cm³/mol. The SMILES string of the molecule is COc1nccc(N2C[C@H]3COC[C@@H]2CN(C(=O)c2ccn4ncnc4c2)C3)c1C#N. The lowest BCUT2D eigenvalue weighted by Crippen LogP contribution is -2.46. The first kappa shape index (κ1) is 19.3. The molecule has 2 atom stereocenters. The molecule has 0 N–H and O–H groups in total. The smallest absolute Gasteiger partial charge is 0.254 e. The van der Waals surface area contributed by atoms with Crippen LogP contribution in [0.4, 0.5) is 5.69 Å². The summed E-state index contributed by atoms with van der Waals surface area (Å²) in [6.45, 7) is 2.78. The van der Waals surface area contributed by atoms with Gasteiger partial charge in [0.05, 0.1) is 32.1 Å². The van der Waals surface area contributed by atoms with Crippen LogP contribution in [0.25, 0.3) is 5.65 Å². The minimum Gasteiger partial charge on any atom is -0.480 e. The minimum atomic E-state index is -0.0903. The Balaban J connectivity index is 1.47. The van der Waals surface area contributed by atoms with Crippen LogP contribution in [-0.4, -0.2) is 76.4 Å². The first-order valence-electron chi connectivity index (χ1n) is 10.0. The first-order valence-corrected chi connectivity index (χ1v) is 10.0. The van der Waals surface area contributed by atoms with Gasteiger partial charge in [0.25, 0.3) is 5.91 Å². The van der Waals surface area contributed by atoms with Crippen LogP contribution in [0.15, 0.2) is 36.9 Å². The molecule has 158 valence electrons. The molecule has 2 bridgehead atoms. The van der Waals surface area contributed by atoms with Crippen molar-refractivity contribution in [2.75, 3.05) is 44.9 Å². The Morgan fingerprint density at radius 2 is 2.16 bits per heavy atom. The number of amides is 1. The molecule has 5 heterocycles. The monoisotopic (exact) mass is 419 g/mol. The van der Waals surface area contributed by atoms with Crippen LogP contribution in [0, 0.1) is 17.2 Å². The molecule has 2 aliphatic heterocycles. The van der Waals surface area contributed by atoms with Crippen molar-refractivity contribution in [2.45, 2.75) is 6.04 Å². The summed E-state index contributed by atoms with van der Waals surface area (Å²) >= 11 is 0. The van der Waals surface area contributed by atoms with Crippen molar-refractivity contribution < 1.29 is 14.3 Å². The summed E-state index contributed by atoms with van der Waals surface area (Å²) in [5.41, 5.74) is 2.37. The Labute approximate surface area is 178 Å². The topological polar surface area (TPSA) is 109 Å². The second-order valence-corrected chi connectivity index (χ2v) is 7.72. The summed E-state index contributed by atoms with van der Waals surface area (Å²) in [5.74, 6) is 0.366. The lowest BCUT2D eigenvalue weighted by Gasteiger charge is -2.33. The Morgan fingerprint density at radius 1 is 1.26 bits per heavy atom. The van der Waals surface area contributed by atoms with Crippen molar-refractivity contribution >= 4 is 17.2 Å². The fourth-order valence-electron chi connectivity index (χ4n) is 4.37. The van der Waals surface area contributed by atoms with E-state index in [9.17, 15) is 10.1 Å². The number of aromatic nitrogens is 4. The molecule has 3 aromatic rings. The van der Waals surface area contributed by atoms with E-state index in [0.29, 0.717) is 55.5 Å². The van der Waals surface area contributed by atoms with Crippen LogP contribution in [0.2, 0.25) is 0 Å². The zero-order valence-corrected chi connectivity index (χ0v) is 17.0. The van der Waals surface area contributed by atoms with E-state index in [1.165, 1.54) is 13.4 Å². The highest BCUT2D eigenvalue weighted by Crippen LogP contribution is 2.32. The average Bonchev–Trinajstić information content (AvgIpc) is 3.07. The number of methoxy groups -OCH3 is 1. The third-order valence-corrected chi connectivity index (χ3v) is 5.79. The summed E-state index contributed by atoms with van der Waals surface area (Å²) in [7, 11) is 1.50. The lowest BCUT2D eigenvalue weighted by molar-refractivity contribution is 0.0496. The molecule has 3 aromatic heterocycles. The normalized spacial score (nSPS) is 20.9.